The van der Waals surface area contributed by atoms with E-state index in [1.807, 2.05) is 0 Å². The van der Waals surface area contributed by atoms with Gasteiger partial charge in [0.1, 0.15) is 0 Å². The molecule has 0 bridgehead atoms. The van der Waals surface area contributed by atoms with Crippen LogP contribution in [0.5, 0.6) is 0 Å². The molecule has 1 saturated carbocycles. The first kappa shape index (κ1) is 15.3. The van der Waals surface area contributed by atoms with Gasteiger partial charge in [0.05, 0.1) is 0 Å². The zero-order valence-corrected chi connectivity index (χ0v) is 13.4. The second-order valence-corrected chi connectivity index (χ2v) is 7.21. The molecule has 2 aliphatic rings. The summed E-state index contributed by atoms with van der Waals surface area (Å²) in [6.07, 6.45) is 9.90. The lowest BCUT2D eigenvalue weighted by atomic mass is 9.83. The predicted molar refractivity (Wildman–Crippen MR) is 83.5 cm³/mol. The maximum Gasteiger partial charge on any atom is 0.0124 e. The van der Waals surface area contributed by atoms with E-state index < -0.39 is 0 Å². The van der Waals surface area contributed by atoms with Crippen molar-refractivity contribution in [3.05, 3.63) is 0 Å². The van der Waals surface area contributed by atoms with Crippen molar-refractivity contribution in [2.45, 2.75) is 71.8 Å². The van der Waals surface area contributed by atoms with Gasteiger partial charge in [0.2, 0.25) is 0 Å². The molecule has 3 unspecified atom stereocenters. The average Bonchev–Trinajstić information content (AvgIpc) is 2.88. The first-order valence-corrected chi connectivity index (χ1v) is 8.63. The lowest BCUT2D eigenvalue weighted by Crippen LogP contribution is -2.49. The fourth-order valence-electron chi connectivity index (χ4n) is 4.10. The number of nitrogens with one attached hydrogen (secondary N) is 1. The third-order valence-electron chi connectivity index (χ3n) is 5.53. The van der Waals surface area contributed by atoms with Crippen molar-refractivity contribution in [2.75, 3.05) is 26.2 Å². The van der Waals surface area contributed by atoms with Gasteiger partial charge in [-0.1, -0.05) is 27.2 Å². The number of rotatable bonds is 7. The Morgan fingerprint density at radius 2 is 1.95 bits per heavy atom. The summed E-state index contributed by atoms with van der Waals surface area (Å²) in [5.41, 5.74) is 0.458. The lowest BCUT2D eigenvalue weighted by Gasteiger charge is -2.43. The molecule has 1 N–H and O–H groups in total. The zero-order valence-electron chi connectivity index (χ0n) is 13.4. The molecule has 0 aromatic carbocycles. The first-order valence-electron chi connectivity index (χ1n) is 8.63. The van der Waals surface area contributed by atoms with Gasteiger partial charge < -0.3 is 5.32 Å². The standard InChI is InChI=1S/C17H34N2/c1-4-11-18-13-17(3,5-2)14-19-12-7-9-15-8-6-10-16(15)19/h15-16,18H,4-14H2,1-3H3. The van der Waals surface area contributed by atoms with Crippen LogP contribution in [0.4, 0.5) is 0 Å². The number of nitrogens with zero attached hydrogens (tertiary/aromatic N) is 1. The molecule has 1 aliphatic heterocycles. The van der Waals surface area contributed by atoms with Crippen LogP contribution in [0.2, 0.25) is 0 Å². The quantitative estimate of drug-likeness (QED) is 0.707. The van der Waals surface area contributed by atoms with Gasteiger partial charge in [0.25, 0.3) is 0 Å². The van der Waals surface area contributed by atoms with Gasteiger partial charge in [0.15, 0.2) is 0 Å². The Balaban J connectivity index is 1.89. The largest absolute Gasteiger partial charge is 0.316 e. The highest BCUT2D eigenvalue weighted by molar-refractivity contribution is 4.92. The van der Waals surface area contributed by atoms with Crippen molar-refractivity contribution < 1.29 is 0 Å². The molecule has 0 spiro atoms. The van der Waals surface area contributed by atoms with Crippen molar-refractivity contribution >= 4 is 0 Å². The Kier molecular flexibility index (Phi) is 5.70. The maximum absolute atomic E-state index is 3.65. The topological polar surface area (TPSA) is 15.3 Å². The monoisotopic (exact) mass is 266 g/mol. The van der Waals surface area contributed by atoms with Gasteiger partial charge >= 0.3 is 0 Å². The molecule has 1 aliphatic carbocycles. The van der Waals surface area contributed by atoms with Crippen LogP contribution >= 0.6 is 0 Å². The van der Waals surface area contributed by atoms with E-state index in [9.17, 15) is 0 Å². The summed E-state index contributed by atoms with van der Waals surface area (Å²) in [7, 11) is 0. The molecule has 1 heterocycles. The van der Waals surface area contributed by atoms with Gasteiger partial charge in [-0.3, -0.25) is 4.90 Å². The van der Waals surface area contributed by atoms with Crippen LogP contribution in [0.3, 0.4) is 0 Å². The van der Waals surface area contributed by atoms with Crippen molar-refractivity contribution in [1.82, 2.24) is 10.2 Å². The van der Waals surface area contributed by atoms with Gasteiger partial charge in [0, 0.05) is 19.1 Å². The minimum absolute atomic E-state index is 0.458. The summed E-state index contributed by atoms with van der Waals surface area (Å²) < 4.78 is 0. The number of likely N-dealkylation sites (tertiary alicyclic amines) is 1. The number of hydrogen-bond donors (Lipinski definition) is 1. The minimum Gasteiger partial charge on any atom is -0.316 e. The van der Waals surface area contributed by atoms with Crippen LogP contribution in [-0.4, -0.2) is 37.1 Å². The second kappa shape index (κ2) is 7.08. The molecular formula is C17H34N2. The maximum atomic E-state index is 3.65. The van der Waals surface area contributed by atoms with Gasteiger partial charge in [-0.2, -0.15) is 0 Å². The average molecular weight is 266 g/mol. The zero-order chi connectivity index (χ0) is 13.7. The van der Waals surface area contributed by atoms with Gasteiger partial charge in [-0.25, -0.2) is 0 Å². The Morgan fingerprint density at radius 3 is 2.68 bits per heavy atom. The third-order valence-corrected chi connectivity index (χ3v) is 5.53. The smallest absolute Gasteiger partial charge is 0.0124 e. The molecule has 2 rings (SSSR count). The van der Waals surface area contributed by atoms with Crippen molar-refractivity contribution in [3.63, 3.8) is 0 Å². The highest BCUT2D eigenvalue weighted by atomic mass is 15.2. The molecule has 3 atom stereocenters. The number of hydrogen-bond acceptors (Lipinski definition) is 2. The third kappa shape index (κ3) is 3.95. The van der Waals surface area contributed by atoms with E-state index in [0.717, 1.165) is 12.0 Å². The summed E-state index contributed by atoms with van der Waals surface area (Å²) in [4.78, 5) is 2.85. The molecule has 19 heavy (non-hydrogen) atoms. The van der Waals surface area contributed by atoms with Crippen molar-refractivity contribution in [2.24, 2.45) is 11.3 Å². The Labute approximate surface area is 120 Å². The SMILES string of the molecule is CCCNCC(C)(CC)CN1CCCC2CCCC21. The number of fused-ring (bicyclic) bond motifs is 1. The molecule has 0 radical (unpaired) electrons. The molecule has 112 valence electrons. The lowest BCUT2D eigenvalue weighted by molar-refractivity contribution is 0.0630. The highest BCUT2D eigenvalue weighted by Gasteiger charge is 2.37. The summed E-state index contributed by atoms with van der Waals surface area (Å²) in [6, 6.07) is 0.922. The molecule has 2 fully saturated rings. The van der Waals surface area contributed by atoms with E-state index in [-0.39, 0.29) is 0 Å². The first-order chi connectivity index (χ1) is 9.18. The molecule has 1 saturated heterocycles. The molecule has 0 aromatic heterocycles. The summed E-state index contributed by atoms with van der Waals surface area (Å²) in [5.74, 6) is 1.03. The fraction of sp³-hybridized carbons (Fsp3) is 1.00. The van der Waals surface area contributed by atoms with E-state index in [1.165, 1.54) is 71.1 Å². The van der Waals surface area contributed by atoms with Gasteiger partial charge in [-0.15, -0.1) is 0 Å². The van der Waals surface area contributed by atoms with Crippen molar-refractivity contribution in [1.29, 1.82) is 0 Å². The van der Waals surface area contributed by atoms with Crippen LogP contribution in [0.15, 0.2) is 0 Å². The van der Waals surface area contributed by atoms with Crippen LogP contribution in [0, 0.1) is 11.3 Å². The van der Waals surface area contributed by atoms with Crippen LogP contribution in [0.1, 0.15) is 65.7 Å². The Hall–Kier alpha value is -0.0800. The van der Waals surface area contributed by atoms with E-state index in [4.69, 9.17) is 0 Å². The number of piperidine rings is 1. The van der Waals surface area contributed by atoms with E-state index in [1.54, 1.807) is 0 Å². The van der Waals surface area contributed by atoms with E-state index >= 15 is 0 Å². The van der Waals surface area contributed by atoms with Crippen LogP contribution < -0.4 is 5.32 Å². The Morgan fingerprint density at radius 1 is 1.16 bits per heavy atom. The molecule has 2 heteroatoms. The second-order valence-electron chi connectivity index (χ2n) is 7.21. The molecular weight excluding hydrogens is 232 g/mol. The minimum atomic E-state index is 0.458. The van der Waals surface area contributed by atoms with Crippen LogP contribution in [0.25, 0.3) is 0 Å². The molecule has 0 aromatic rings. The van der Waals surface area contributed by atoms with Crippen LogP contribution in [-0.2, 0) is 0 Å². The summed E-state index contributed by atoms with van der Waals surface area (Å²) >= 11 is 0. The summed E-state index contributed by atoms with van der Waals surface area (Å²) in [6.45, 7) is 12.1. The van der Waals surface area contributed by atoms with Crippen molar-refractivity contribution in [3.8, 4) is 0 Å². The molecule has 0 amide bonds. The predicted octanol–water partition coefficient (Wildman–Crippen LogP) is 3.67. The van der Waals surface area contributed by atoms with Gasteiger partial charge in [-0.05, 0) is 62.9 Å². The molecule has 2 nitrogen and oxygen atoms in total. The highest BCUT2D eigenvalue weighted by Crippen LogP contribution is 2.38. The Bertz CT molecular complexity index is 266. The van der Waals surface area contributed by atoms with E-state index in [0.29, 0.717) is 5.41 Å². The summed E-state index contributed by atoms with van der Waals surface area (Å²) in [5, 5.41) is 3.65. The van der Waals surface area contributed by atoms with E-state index in [2.05, 4.69) is 31.0 Å². The fourth-order valence-corrected chi connectivity index (χ4v) is 4.10. The normalized spacial score (nSPS) is 31.1.